The predicted octanol–water partition coefficient (Wildman–Crippen LogP) is 2.47. The topological polar surface area (TPSA) is 52.7 Å². The van der Waals surface area contributed by atoms with Gasteiger partial charge in [0.2, 0.25) is 11.8 Å². The second kappa shape index (κ2) is 7.52. The van der Waals surface area contributed by atoms with Crippen molar-refractivity contribution in [2.75, 3.05) is 24.5 Å². The van der Waals surface area contributed by atoms with Crippen LogP contribution >= 0.6 is 24.0 Å². The molecule has 2 amide bonds. The van der Waals surface area contributed by atoms with E-state index in [1.165, 1.54) is 0 Å². The Morgan fingerprint density at radius 3 is 2.76 bits per heavy atom. The summed E-state index contributed by atoms with van der Waals surface area (Å²) in [5.74, 6) is -0.593. The Morgan fingerprint density at radius 1 is 1.16 bits per heavy atom. The number of halogens is 2. The predicted molar refractivity (Wildman–Crippen MR) is 100 cm³/mol. The number of carbonyl (C=O) groups excluding carboxylic acids is 2. The third-order valence-electron chi connectivity index (χ3n) is 5.53. The first-order chi connectivity index (χ1) is 11.6. The first kappa shape index (κ1) is 18.5. The molecule has 3 fully saturated rings. The van der Waals surface area contributed by atoms with Gasteiger partial charge in [-0.3, -0.25) is 9.59 Å². The molecule has 3 aliphatic rings. The van der Waals surface area contributed by atoms with Crippen LogP contribution in [0.3, 0.4) is 0 Å². The summed E-state index contributed by atoms with van der Waals surface area (Å²) >= 11 is 6.04. The molecular weight excluding hydrogens is 361 g/mol. The molecule has 0 saturated carbocycles. The average Bonchev–Trinajstić information content (AvgIpc) is 3.05. The van der Waals surface area contributed by atoms with Crippen LogP contribution in [0.2, 0.25) is 5.02 Å². The molecule has 5 nitrogen and oxygen atoms in total. The SMILES string of the molecule is Cl.O=C1C(C(=O)N2C3CCNCC2CC3)CCN1c1cccc(Cl)c1. The molecule has 1 N–H and O–H groups in total. The number of nitrogens with zero attached hydrogens (tertiary/aromatic N) is 2. The highest BCUT2D eigenvalue weighted by Crippen LogP contribution is 2.33. The van der Waals surface area contributed by atoms with Crippen molar-refractivity contribution in [3.05, 3.63) is 29.3 Å². The first-order valence-corrected chi connectivity index (χ1v) is 9.13. The van der Waals surface area contributed by atoms with Gasteiger partial charge in [-0.2, -0.15) is 0 Å². The van der Waals surface area contributed by atoms with Crippen molar-refractivity contribution in [3.8, 4) is 0 Å². The molecule has 1 aromatic carbocycles. The van der Waals surface area contributed by atoms with Crippen molar-refractivity contribution in [2.24, 2.45) is 5.92 Å². The molecule has 1 aromatic rings. The number of benzene rings is 1. The van der Waals surface area contributed by atoms with Crippen molar-refractivity contribution in [3.63, 3.8) is 0 Å². The van der Waals surface area contributed by atoms with Gasteiger partial charge in [0.1, 0.15) is 5.92 Å². The van der Waals surface area contributed by atoms with Crippen LogP contribution in [0.1, 0.15) is 25.7 Å². The lowest BCUT2D eigenvalue weighted by molar-refractivity contribution is -0.142. The molecule has 2 bridgehead atoms. The highest BCUT2D eigenvalue weighted by Gasteiger charge is 2.45. The Kier molecular flexibility index (Phi) is 5.56. The fourth-order valence-electron chi connectivity index (χ4n) is 4.33. The van der Waals surface area contributed by atoms with Gasteiger partial charge >= 0.3 is 0 Å². The summed E-state index contributed by atoms with van der Waals surface area (Å²) in [6.07, 6.45) is 3.69. The Bertz CT molecular complexity index is 655. The van der Waals surface area contributed by atoms with E-state index in [9.17, 15) is 9.59 Å². The van der Waals surface area contributed by atoms with Crippen LogP contribution in [0, 0.1) is 5.92 Å². The minimum Gasteiger partial charge on any atom is -0.335 e. The first-order valence-electron chi connectivity index (χ1n) is 8.75. The normalized spacial score (nSPS) is 28.7. The van der Waals surface area contributed by atoms with Crippen molar-refractivity contribution in [1.29, 1.82) is 0 Å². The maximum atomic E-state index is 13.1. The number of amides is 2. The Morgan fingerprint density at radius 2 is 1.96 bits per heavy atom. The van der Waals surface area contributed by atoms with E-state index in [4.69, 9.17) is 11.6 Å². The van der Waals surface area contributed by atoms with Crippen LogP contribution in [0.4, 0.5) is 5.69 Å². The van der Waals surface area contributed by atoms with Crippen molar-refractivity contribution in [1.82, 2.24) is 10.2 Å². The molecule has 0 spiro atoms. The zero-order chi connectivity index (χ0) is 16.7. The van der Waals surface area contributed by atoms with Crippen LogP contribution in [0.15, 0.2) is 24.3 Å². The summed E-state index contributed by atoms with van der Waals surface area (Å²) in [4.78, 5) is 29.7. The quantitative estimate of drug-likeness (QED) is 0.798. The van der Waals surface area contributed by atoms with Crippen LogP contribution < -0.4 is 10.2 Å². The molecular formula is C18H23Cl2N3O2. The van der Waals surface area contributed by atoms with Gasteiger partial charge in [-0.25, -0.2) is 0 Å². The van der Waals surface area contributed by atoms with Crippen LogP contribution in [-0.2, 0) is 9.59 Å². The van der Waals surface area contributed by atoms with Crippen molar-refractivity contribution in [2.45, 2.75) is 37.8 Å². The standard InChI is InChI=1S/C18H22ClN3O2.ClH/c19-12-2-1-3-14(10-12)21-9-7-16(17(21)23)18(24)22-13-4-5-15(22)11-20-8-6-13;/h1-3,10,13,15-16,20H,4-9,11H2;1H. The van der Waals surface area contributed by atoms with Crippen molar-refractivity contribution >= 4 is 41.5 Å². The molecule has 3 heterocycles. The monoisotopic (exact) mass is 383 g/mol. The summed E-state index contributed by atoms with van der Waals surface area (Å²) in [5, 5.41) is 4.01. The number of anilines is 1. The lowest BCUT2D eigenvalue weighted by atomic mass is 10.0. The molecule has 0 aliphatic carbocycles. The molecule has 0 aromatic heterocycles. The van der Waals surface area contributed by atoms with E-state index in [1.807, 2.05) is 17.0 Å². The van der Waals surface area contributed by atoms with Gasteiger partial charge in [0.15, 0.2) is 0 Å². The summed E-state index contributed by atoms with van der Waals surface area (Å²) in [5.41, 5.74) is 0.781. The van der Waals surface area contributed by atoms with E-state index >= 15 is 0 Å². The minimum atomic E-state index is -0.537. The second-order valence-corrected chi connectivity index (χ2v) is 7.37. The number of nitrogens with one attached hydrogen (secondary N) is 1. The third-order valence-corrected chi connectivity index (χ3v) is 5.77. The molecule has 3 unspecified atom stereocenters. The maximum Gasteiger partial charge on any atom is 0.239 e. The van der Waals surface area contributed by atoms with Gasteiger partial charge in [-0.1, -0.05) is 17.7 Å². The summed E-state index contributed by atoms with van der Waals surface area (Å²) in [6, 6.07) is 7.82. The van der Waals surface area contributed by atoms with Gasteiger partial charge in [0.05, 0.1) is 0 Å². The summed E-state index contributed by atoms with van der Waals surface area (Å²) in [6.45, 7) is 2.39. The molecule has 3 aliphatic heterocycles. The van der Waals surface area contributed by atoms with E-state index in [0.717, 1.165) is 38.0 Å². The molecule has 4 rings (SSSR count). The van der Waals surface area contributed by atoms with E-state index < -0.39 is 5.92 Å². The highest BCUT2D eigenvalue weighted by molar-refractivity contribution is 6.31. The smallest absolute Gasteiger partial charge is 0.239 e. The molecule has 3 atom stereocenters. The zero-order valence-electron chi connectivity index (χ0n) is 14.0. The van der Waals surface area contributed by atoms with Crippen LogP contribution in [0.5, 0.6) is 0 Å². The van der Waals surface area contributed by atoms with E-state index in [2.05, 4.69) is 5.32 Å². The number of carbonyl (C=O) groups is 2. The summed E-state index contributed by atoms with van der Waals surface area (Å²) in [7, 11) is 0. The Balaban J connectivity index is 0.00000182. The Hall–Kier alpha value is -1.30. The lowest BCUT2D eigenvalue weighted by Gasteiger charge is -2.30. The highest BCUT2D eigenvalue weighted by atomic mass is 35.5. The van der Waals surface area contributed by atoms with Crippen LogP contribution in [0.25, 0.3) is 0 Å². The van der Waals surface area contributed by atoms with Crippen LogP contribution in [-0.4, -0.2) is 48.4 Å². The molecule has 25 heavy (non-hydrogen) atoms. The molecule has 7 heteroatoms. The fourth-order valence-corrected chi connectivity index (χ4v) is 4.52. The molecule has 0 radical (unpaired) electrons. The zero-order valence-corrected chi connectivity index (χ0v) is 15.6. The van der Waals surface area contributed by atoms with Crippen molar-refractivity contribution < 1.29 is 9.59 Å². The molecule has 136 valence electrons. The number of hydrogen-bond acceptors (Lipinski definition) is 3. The van der Waals surface area contributed by atoms with Gasteiger partial charge in [0.25, 0.3) is 0 Å². The number of fused-ring (bicyclic) bond motifs is 2. The fraction of sp³-hybridized carbons (Fsp3) is 0.556. The second-order valence-electron chi connectivity index (χ2n) is 6.93. The minimum absolute atomic E-state index is 0. The molecule has 3 saturated heterocycles. The lowest BCUT2D eigenvalue weighted by Crippen LogP contribution is -2.47. The van der Waals surface area contributed by atoms with Gasteiger partial charge in [0, 0.05) is 35.9 Å². The van der Waals surface area contributed by atoms with Gasteiger partial charge < -0.3 is 15.1 Å². The van der Waals surface area contributed by atoms with E-state index in [0.29, 0.717) is 24.0 Å². The number of hydrogen-bond donors (Lipinski definition) is 1. The average molecular weight is 384 g/mol. The number of rotatable bonds is 2. The van der Waals surface area contributed by atoms with Gasteiger partial charge in [-0.15, -0.1) is 12.4 Å². The summed E-state index contributed by atoms with van der Waals surface area (Å²) < 4.78 is 0. The van der Waals surface area contributed by atoms with E-state index in [1.54, 1.807) is 17.0 Å². The maximum absolute atomic E-state index is 13.1. The Labute approximate surface area is 159 Å². The van der Waals surface area contributed by atoms with Gasteiger partial charge in [-0.05, 0) is 50.4 Å². The largest absolute Gasteiger partial charge is 0.335 e. The van der Waals surface area contributed by atoms with E-state index in [-0.39, 0.29) is 30.3 Å². The third kappa shape index (κ3) is 3.37.